The highest BCUT2D eigenvalue weighted by Gasteiger charge is 2.29. The molecule has 1 fully saturated rings. The van der Waals surface area contributed by atoms with Crippen molar-refractivity contribution < 1.29 is 9.53 Å². The largest absolute Gasteiger partial charge is 0.465 e. The maximum Gasteiger partial charge on any atom is 0.327 e. The van der Waals surface area contributed by atoms with Crippen LogP contribution in [0.3, 0.4) is 0 Å². The topological polar surface area (TPSA) is 90.1 Å². The van der Waals surface area contributed by atoms with Gasteiger partial charge < -0.3 is 10.5 Å². The Morgan fingerprint density at radius 3 is 2.88 bits per heavy atom. The van der Waals surface area contributed by atoms with Crippen LogP contribution in [0.2, 0.25) is 0 Å². The average molecular weight is 225 g/mol. The Bertz CT molecular complexity index is 456. The van der Waals surface area contributed by atoms with Crippen LogP contribution in [-0.2, 0) is 16.1 Å². The lowest BCUT2D eigenvalue weighted by Crippen LogP contribution is -2.24. The Balaban J connectivity index is 2.18. The number of carbonyl (C=O) groups is 1. The SMILES string of the molecule is CCOC(=O)Cn1[nH]c(C2CC2)c(N)c1=O. The molecule has 0 bridgehead atoms. The van der Waals surface area contributed by atoms with Gasteiger partial charge in [-0.3, -0.25) is 14.7 Å². The number of H-pyrrole nitrogens is 1. The summed E-state index contributed by atoms with van der Waals surface area (Å²) in [7, 11) is 0. The quantitative estimate of drug-likeness (QED) is 0.716. The lowest BCUT2D eigenvalue weighted by molar-refractivity contribution is -0.144. The molecule has 0 spiro atoms. The summed E-state index contributed by atoms with van der Waals surface area (Å²) in [5, 5.41) is 2.88. The summed E-state index contributed by atoms with van der Waals surface area (Å²) in [5.41, 5.74) is 6.33. The number of nitrogens with two attached hydrogens (primary N) is 1. The molecule has 1 aliphatic carbocycles. The number of carbonyl (C=O) groups excluding carboxylic acids is 1. The third-order valence-corrected chi connectivity index (χ3v) is 2.60. The van der Waals surface area contributed by atoms with E-state index in [0.29, 0.717) is 12.5 Å². The summed E-state index contributed by atoms with van der Waals surface area (Å²) in [4.78, 5) is 22.9. The van der Waals surface area contributed by atoms with E-state index in [2.05, 4.69) is 5.10 Å². The van der Waals surface area contributed by atoms with E-state index in [-0.39, 0.29) is 17.8 Å². The van der Waals surface area contributed by atoms with Crippen molar-refractivity contribution in [1.82, 2.24) is 9.78 Å². The molecule has 6 heteroatoms. The standard InChI is InChI=1S/C10H15N3O3/c1-2-16-7(14)5-13-10(15)8(11)9(12-13)6-3-4-6/h6,12H,2-5,11H2,1H3. The van der Waals surface area contributed by atoms with Crippen molar-refractivity contribution in [3.63, 3.8) is 0 Å². The van der Waals surface area contributed by atoms with Gasteiger partial charge in [0.1, 0.15) is 12.2 Å². The molecule has 1 aliphatic rings. The van der Waals surface area contributed by atoms with Gasteiger partial charge in [-0.25, -0.2) is 4.68 Å². The molecule has 0 radical (unpaired) electrons. The van der Waals surface area contributed by atoms with Crippen molar-refractivity contribution in [2.24, 2.45) is 0 Å². The van der Waals surface area contributed by atoms with E-state index in [1.54, 1.807) is 6.92 Å². The van der Waals surface area contributed by atoms with Crippen LogP contribution in [0.25, 0.3) is 0 Å². The maximum atomic E-state index is 11.7. The first-order valence-corrected chi connectivity index (χ1v) is 5.37. The fraction of sp³-hybridized carbons (Fsp3) is 0.600. The fourth-order valence-corrected chi connectivity index (χ4v) is 1.65. The average Bonchev–Trinajstić information content (AvgIpc) is 3.02. The first-order chi connectivity index (χ1) is 7.63. The summed E-state index contributed by atoms with van der Waals surface area (Å²) >= 11 is 0. The molecule has 0 aromatic carbocycles. The number of rotatable bonds is 4. The molecular formula is C10H15N3O3. The normalized spacial score (nSPS) is 15.1. The van der Waals surface area contributed by atoms with Crippen LogP contribution in [0.1, 0.15) is 31.4 Å². The first-order valence-electron chi connectivity index (χ1n) is 5.37. The lowest BCUT2D eigenvalue weighted by Gasteiger charge is -2.01. The minimum atomic E-state index is -0.437. The molecule has 1 saturated carbocycles. The molecule has 88 valence electrons. The van der Waals surface area contributed by atoms with Crippen molar-refractivity contribution >= 4 is 11.7 Å². The number of ether oxygens (including phenoxy) is 1. The summed E-state index contributed by atoms with van der Waals surface area (Å²) in [6.45, 7) is 1.92. The second kappa shape index (κ2) is 4.03. The minimum absolute atomic E-state index is 0.108. The Morgan fingerprint density at radius 1 is 1.62 bits per heavy atom. The monoisotopic (exact) mass is 225 g/mol. The van der Waals surface area contributed by atoms with E-state index >= 15 is 0 Å². The third-order valence-electron chi connectivity index (χ3n) is 2.60. The van der Waals surface area contributed by atoms with Gasteiger partial charge in [0.05, 0.1) is 12.3 Å². The second-order valence-electron chi connectivity index (χ2n) is 3.91. The molecule has 0 saturated heterocycles. The Morgan fingerprint density at radius 2 is 2.31 bits per heavy atom. The molecule has 16 heavy (non-hydrogen) atoms. The van der Waals surface area contributed by atoms with Crippen molar-refractivity contribution in [3.05, 3.63) is 16.0 Å². The summed E-state index contributed by atoms with van der Waals surface area (Å²) in [6, 6.07) is 0. The highest BCUT2D eigenvalue weighted by molar-refractivity contribution is 5.69. The van der Waals surface area contributed by atoms with Crippen molar-refractivity contribution in [2.45, 2.75) is 32.2 Å². The molecule has 0 amide bonds. The van der Waals surface area contributed by atoms with Gasteiger partial charge in [-0.2, -0.15) is 0 Å². The minimum Gasteiger partial charge on any atom is -0.465 e. The molecular weight excluding hydrogens is 210 g/mol. The van der Waals surface area contributed by atoms with Crippen LogP contribution in [0.4, 0.5) is 5.69 Å². The van der Waals surface area contributed by atoms with Gasteiger partial charge in [0.25, 0.3) is 5.56 Å². The molecule has 3 N–H and O–H groups in total. The fourth-order valence-electron chi connectivity index (χ4n) is 1.65. The number of nitrogens with one attached hydrogen (secondary N) is 1. The second-order valence-corrected chi connectivity index (χ2v) is 3.91. The highest BCUT2D eigenvalue weighted by Crippen LogP contribution is 2.40. The number of anilines is 1. The van der Waals surface area contributed by atoms with E-state index < -0.39 is 5.97 Å². The number of aromatic amines is 1. The third kappa shape index (κ3) is 1.95. The Kier molecular flexibility index (Phi) is 2.72. The van der Waals surface area contributed by atoms with Gasteiger partial charge >= 0.3 is 5.97 Å². The van der Waals surface area contributed by atoms with Crippen LogP contribution in [0, 0.1) is 0 Å². The zero-order chi connectivity index (χ0) is 11.7. The smallest absolute Gasteiger partial charge is 0.327 e. The highest BCUT2D eigenvalue weighted by atomic mass is 16.5. The van der Waals surface area contributed by atoms with E-state index in [4.69, 9.17) is 10.5 Å². The number of esters is 1. The molecule has 1 aromatic rings. The van der Waals surface area contributed by atoms with Gasteiger partial charge in [-0.05, 0) is 19.8 Å². The van der Waals surface area contributed by atoms with Gasteiger partial charge in [-0.15, -0.1) is 0 Å². The number of hydrogen-bond acceptors (Lipinski definition) is 4. The Hall–Kier alpha value is -1.72. The molecule has 6 nitrogen and oxygen atoms in total. The van der Waals surface area contributed by atoms with Crippen LogP contribution < -0.4 is 11.3 Å². The van der Waals surface area contributed by atoms with Crippen molar-refractivity contribution in [2.75, 3.05) is 12.3 Å². The zero-order valence-corrected chi connectivity index (χ0v) is 9.16. The zero-order valence-electron chi connectivity index (χ0n) is 9.16. The van der Waals surface area contributed by atoms with Gasteiger partial charge in [-0.1, -0.05) is 0 Å². The van der Waals surface area contributed by atoms with Crippen molar-refractivity contribution in [1.29, 1.82) is 0 Å². The number of hydrogen-bond donors (Lipinski definition) is 2. The van der Waals surface area contributed by atoms with E-state index in [0.717, 1.165) is 18.5 Å². The summed E-state index contributed by atoms with van der Waals surface area (Å²) in [6.07, 6.45) is 2.09. The van der Waals surface area contributed by atoms with Crippen LogP contribution in [0.15, 0.2) is 4.79 Å². The molecule has 1 heterocycles. The van der Waals surface area contributed by atoms with Gasteiger partial charge in [0, 0.05) is 5.92 Å². The Labute approximate surface area is 92.4 Å². The predicted octanol–water partition coefficient (Wildman–Crippen LogP) is 0.199. The molecule has 1 aromatic heterocycles. The van der Waals surface area contributed by atoms with E-state index in [1.807, 2.05) is 0 Å². The van der Waals surface area contributed by atoms with Crippen molar-refractivity contribution in [3.8, 4) is 0 Å². The van der Waals surface area contributed by atoms with Gasteiger partial charge in [0.15, 0.2) is 0 Å². The lowest BCUT2D eigenvalue weighted by atomic mass is 10.3. The summed E-state index contributed by atoms with van der Waals surface area (Å²) < 4.78 is 5.98. The van der Waals surface area contributed by atoms with E-state index in [1.165, 1.54) is 4.68 Å². The number of aromatic nitrogens is 2. The molecule has 0 aliphatic heterocycles. The van der Waals surface area contributed by atoms with Crippen LogP contribution >= 0.6 is 0 Å². The van der Waals surface area contributed by atoms with Gasteiger partial charge in [0.2, 0.25) is 0 Å². The van der Waals surface area contributed by atoms with E-state index in [9.17, 15) is 9.59 Å². The maximum absolute atomic E-state index is 11.7. The first kappa shape index (κ1) is 10.8. The number of nitrogens with zero attached hydrogens (tertiary/aromatic N) is 1. The summed E-state index contributed by atoms with van der Waals surface area (Å²) in [5.74, 6) is -0.0793. The molecule has 0 atom stereocenters. The molecule has 0 unspecified atom stereocenters. The molecule has 2 rings (SSSR count). The predicted molar refractivity (Wildman–Crippen MR) is 58.1 cm³/mol. The number of nitrogen functional groups attached to an aromatic ring is 1. The van der Waals surface area contributed by atoms with Crippen LogP contribution in [0.5, 0.6) is 0 Å². The van der Waals surface area contributed by atoms with Crippen LogP contribution in [-0.4, -0.2) is 22.4 Å².